The second-order valence-corrected chi connectivity index (χ2v) is 10.4. The van der Waals surface area contributed by atoms with Crippen LogP contribution in [-0.4, -0.2) is 43.0 Å². The van der Waals surface area contributed by atoms with Gasteiger partial charge in [-0.25, -0.2) is 4.79 Å². The van der Waals surface area contributed by atoms with E-state index in [1.807, 2.05) is 67.6 Å². The van der Waals surface area contributed by atoms with Crippen LogP contribution in [-0.2, 0) is 37.8 Å². The maximum absolute atomic E-state index is 12.9. The van der Waals surface area contributed by atoms with Crippen molar-refractivity contribution in [3.8, 4) is 5.75 Å². The van der Waals surface area contributed by atoms with Crippen LogP contribution < -0.4 is 10.1 Å². The molecule has 3 aromatic carbocycles. The van der Waals surface area contributed by atoms with E-state index in [-0.39, 0.29) is 12.0 Å². The van der Waals surface area contributed by atoms with Crippen molar-refractivity contribution in [2.45, 2.75) is 44.7 Å². The topological polar surface area (TPSA) is 95.5 Å². The van der Waals surface area contributed by atoms with Gasteiger partial charge in [0.05, 0.1) is 19.8 Å². The molecule has 3 fully saturated rings. The average molecular weight is 520 g/mol. The number of hydrogen-bond acceptors (Lipinski definition) is 7. The summed E-state index contributed by atoms with van der Waals surface area (Å²) in [6.07, 6.45) is -0.731. The summed E-state index contributed by atoms with van der Waals surface area (Å²) in [7, 11) is 0. The summed E-state index contributed by atoms with van der Waals surface area (Å²) in [5.41, 5.74) is 0.458. The molecule has 200 valence electrons. The van der Waals surface area contributed by atoms with Crippen molar-refractivity contribution in [3.05, 3.63) is 102 Å². The number of hydrogen-bond donors (Lipinski definition) is 2. The Labute approximate surface area is 222 Å². The van der Waals surface area contributed by atoms with Crippen LogP contribution in [0.5, 0.6) is 5.75 Å². The molecule has 0 saturated carbocycles. The van der Waals surface area contributed by atoms with E-state index in [4.69, 9.17) is 23.7 Å². The van der Waals surface area contributed by atoms with E-state index in [1.165, 1.54) is 0 Å². The maximum atomic E-state index is 12.9. The van der Waals surface area contributed by atoms with Crippen LogP contribution in [0.4, 0.5) is 4.79 Å². The SMILES string of the molecule is CC12COC([C@@H](NC(=O)OCc3ccccc3)[C@](C)(O)c3ccc(OCc4ccccc4)cc3)(OC1)OC2. The Hall–Kier alpha value is -3.43. The normalized spacial score (nSPS) is 24.7. The summed E-state index contributed by atoms with van der Waals surface area (Å²) in [5.74, 6) is -1.02. The number of alkyl carbamates (subject to hydrolysis) is 1. The third kappa shape index (κ3) is 5.68. The molecule has 0 aromatic heterocycles. The first kappa shape index (κ1) is 26.2. The molecular weight excluding hydrogens is 486 g/mol. The number of carbonyl (C=O) groups is 1. The number of benzene rings is 3. The van der Waals surface area contributed by atoms with E-state index in [9.17, 15) is 9.90 Å². The molecule has 6 rings (SSSR count). The van der Waals surface area contributed by atoms with Gasteiger partial charge in [-0.3, -0.25) is 0 Å². The summed E-state index contributed by atoms with van der Waals surface area (Å²) < 4.78 is 29.4. The number of fused-ring (bicyclic) bond motifs is 3. The highest BCUT2D eigenvalue weighted by Gasteiger charge is 2.60. The van der Waals surface area contributed by atoms with Gasteiger partial charge in [-0.1, -0.05) is 79.7 Å². The highest BCUT2D eigenvalue weighted by atomic mass is 16.9. The molecule has 3 aromatic rings. The van der Waals surface area contributed by atoms with Gasteiger partial charge < -0.3 is 34.1 Å². The van der Waals surface area contributed by atoms with E-state index in [1.54, 1.807) is 31.2 Å². The number of ether oxygens (including phenoxy) is 5. The third-order valence-electron chi connectivity index (χ3n) is 6.94. The Morgan fingerprint density at radius 1 is 0.895 bits per heavy atom. The summed E-state index contributed by atoms with van der Waals surface area (Å²) in [5, 5.41) is 14.6. The number of amides is 1. The van der Waals surface area contributed by atoms with Crippen LogP contribution in [0.3, 0.4) is 0 Å². The quantitative estimate of drug-likeness (QED) is 0.430. The van der Waals surface area contributed by atoms with Crippen molar-refractivity contribution < 1.29 is 33.6 Å². The standard InChI is InChI=1S/C30H33NO7/c1-28-19-36-30(37-20-28,38-21-28)26(31-27(32)35-18-23-11-7-4-8-12-23)29(2,33)24-13-15-25(16-14-24)34-17-22-9-5-3-6-10-22/h3-16,26,33H,17-21H2,1-2H3,(H,31,32)/t26-,28?,29+,30?/m0/s1. The monoisotopic (exact) mass is 519 g/mol. The average Bonchev–Trinajstić information content (AvgIpc) is 2.95. The highest BCUT2D eigenvalue weighted by molar-refractivity contribution is 5.68. The Kier molecular flexibility index (Phi) is 7.40. The predicted molar refractivity (Wildman–Crippen MR) is 139 cm³/mol. The largest absolute Gasteiger partial charge is 0.489 e. The Morgan fingerprint density at radius 3 is 1.97 bits per heavy atom. The molecule has 1 amide bonds. The molecule has 2 bridgehead atoms. The summed E-state index contributed by atoms with van der Waals surface area (Å²) in [6, 6.07) is 25.1. The highest BCUT2D eigenvalue weighted by Crippen LogP contribution is 2.44. The van der Waals surface area contributed by atoms with Crippen LogP contribution in [0, 0.1) is 5.41 Å². The smallest absolute Gasteiger partial charge is 0.408 e. The lowest BCUT2D eigenvalue weighted by molar-refractivity contribution is -0.482. The zero-order valence-corrected chi connectivity index (χ0v) is 21.6. The molecule has 0 aliphatic carbocycles. The third-order valence-corrected chi connectivity index (χ3v) is 6.94. The molecule has 2 atom stereocenters. The Balaban J connectivity index is 1.34. The van der Waals surface area contributed by atoms with Gasteiger partial charge in [0.1, 0.15) is 30.6 Å². The van der Waals surface area contributed by atoms with Crippen molar-refractivity contribution in [2.24, 2.45) is 5.41 Å². The lowest BCUT2D eigenvalue weighted by Gasteiger charge is -2.55. The molecule has 3 aliphatic rings. The summed E-state index contributed by atoms with van der Waals surface area (Å²) in [6.45, 7) is 5.18. The van der Waals surface area contributed by atoms with Crippen LogP contribution in [0.2, 0.25) is 0 Å². The molecular formula is C30H33NO7. The van der Waals surface area contributed by atoms with Crippen LogP contribution in [0.15, 0.2) is 84.9 Å². The van der Waals surface area contributed by atoms with Crippen LogP contribution in [0.1, 0.15) is 30.5 Å². The van der Waals surface area contributed by atoms with Gasteiger partial charge >= 0.3 is 12.1 Å². The Morgan fingerprint density at radius 2 is 1.42 bits per heavy atom. The molecule has 8 heteroatoms. The lowest BCUT2D eigenvalue weighted by Crippen LogP contribution is -2.72. The van der Waals surface area contributed by atoms with Crippen molar-refractivity contribution in [3.63, 3.8) is 0 Å². The van der Waals surface area contributed by atoms with Crippen LogP contribution >= 0.6 is 0 Å². The van der Waals surface area contributed by atoms with Gasteiger partial charge in [-0.05, 0) is 35.7 Å². The van der Waals surface area contributed by atoms with Crippen molar-refractivity contribution in [2.75, 3.05) is 19.8 Å². The van der Waals surface area contributed by atoms with Gasteiger partial charge in [-0.2, -0.15) is 0 Å². The molecule has 2 N–H and O–H groups in total. The van der Waals surface area contributed by atoms with E-state index in [0.717, 1.165) is 11.1 Å². The minimum absolute atomic E-state index is 0.0721. The molecule has 0 spiro atoms. The fourth-order valence-corrected chi connectivity index (χ4v) is 4.58. The summed E-state index contributed by atoms with van der Waals surface area (Å²) in [4.78, 5) is 12.9. The van der Waals surface area contributed by atoms with Crippen molar-refractivity contribution in [1.82, 2.24) is 5.32 Å². The second-order valence-electron chi connectivity index (χ2n) is 10.4. The number of rotatable bonds is 9. The molecule has 8 nitrogen and oxygen atoms in total. The molecule has 38 heavy (non-hydrogen) atoms. The molecule has 3 aliphatic heterocycles. The molecule has 3 heterocycles. The number of aliphatic hydroxyl groups is 1. The van der Waals surface area contributed by atoms with Gasteiger partial charge in [-0.15, -0.1) is 0 Å². The van der Waals surface area contributed by atoms with Crippen molar-refractivity contribution >= 4 is 6.09 Å². The van der Waals surface area contributed by atoms with E-state index >= 15 is 0 Å². The fourth-order valence-electron chi connectivity index (χ4n) is 4.58. The first-order chi connectivity index (χ1) is 18.3. The number of carbonyl (C=O) groups excluding carboxylic acids is 1. The van der Waals surface area contributed by atoms with E-state index in [0.29, 0.717) is 37.7 Å². The number of nitrogens with one attached hydrogen (secondary N) is 1. The maximum Gasteiger partial charge on any atom is 0.408 e. The van der Waals surface area contributed by atoms with Crippen LogP contribution in [0.25, 0.3) is 0 Å². The van der Waals surface area contributed by atoms with Gasteiger partial charge in [0.2, 0.25) is 0 Å². The van der Waals surface area contributed by atoms with Crippen molar-refractivity contribution in [1.29, 1.82) is 0 Å². The molecule has 0 radical (unpaired) electrons. The first-order valence-corrected chi connectivity index (χ1v) is 12.7. The van der Waals surface area contributed by atoms with Gasteiger partial charge in [0, 0.05) is 5.41 Å². The van der Waals surface area contributed by atoms with Gasteiger partial charge in [0.15, 0.2) is 0 Å². The zero-order chi connectivity index (χ0) is 26.6. The molecule has 0 unspecified atom stereocenters. The summed E-state index contributed by atoms with van der Waals surface area (Å²) >= 11 is 0. The van der Waals surface area contributed by atoms with E-state index < -0.39 is 23.7 Å². The minimum Gasteiger partial charge on any atom is -0.489 e. The second kappa shape index (κ2) is 10.7. The zero-order valence-electron chi connectivity index (χ0n) is 21.6. The minimum atomic E-state index is -1.67. The fraction of sp³-hybridized carbons (Fsp3) is 0.367. The molecule has 3 saturated heterocycles. The predicted octanol–water partition coefficient (Wildman–Crippen LogP) is 4.51. The first-order valence-electron chi connectivity index (χ1n) is 12.7. The van der Waals surface area contributed by atoms with E-state index in [2.05, 4.69) is 5.32 Å². The lowest BCUT2D eigenvalue weighted by atomic mass is 9.84. The van der Waals surface area contributed by atoms with Gasteiger partial charge in [0.25, 0.3) is 0 Å². The Bertz CT molecular complexity index is 1190.